The fraction of sp³-hybridized carbons (Fsp3) is 0.500. The van der Waals surface area contributed by atoms with Crippen LogP contribution < -0.4 is 10.6 Å². The first-order valence-corrected chi connectivity index (χ1v) is 6.98. The standard InChI is InChI=1S/C14H19FN4O/c15-11-2-1-3-12(8-11)17-14(20)19-9-13(10-19)18-6-4-16-5-7-18/h1-3,8,13,16H,4-7,9-10H2,(H,17,20). The molecular weight excluding hydrogens is 259 g/mol. The molecule has 108 valence electrons. The third-order valence-electron chi connectivity index (χ3n) is 3.89. The molecule has 2 amide bonds. The quantitative estimate of drug-likeness (QED) is 0.846. The van der Waals surface area contributed by atoms with Gasteiger partial charge in [0.2, 0.25) is 0 Å². The molecule has 1 aromatic rings. The average molecular weight is 278 g/mol. The lowest BCUT2D eigenvalue weighted by atomic mass is 10.1. The maximum atomic E-state index is 13.0. The van der Waals surface area contributed by atoms with Crippen LogP contribution in [0.2, 0.25) is 0 Å². The molecule has 0 atom stereocenters. The number of hydrogen-bond acceptors (Lipinski definition) is 3. The van der Waals surface area contributed by atoms with Gasteiger partial charge in [-0.2, -0.15) is 0 Å². The predicted molar refractivity (Wildman–Crippen MR) is 75.2 cm³/mol. The van der Waals surface area contributed by atoms with Crippen molar-refractivity contribution in [3.63, 3.8) is 0 Å². The van der Waals surface area contributed by atoms with Gasteiger partial charge in [-0.15, -0.1) is 0 Å². The second-order valence-electron chi connectivity index (χ2n) is 5.29. The molecule has 20 heavy (non-hydrogen) atoms. The molecule has 0 aliphatic carbocycles. The maximum absolute atomic E-state index is 13.0. The number of urea groups is 1. The minimum Gasteiger partial charge on any atom is -0.321 e. The zero-order valence-corrected chi connectivity index (χ0v) is 11.3. The third kappa shape index (κ3) is 2.91. The van der Waals surface area contributed by atoms with Gasteiger partial charge < -0.3 is 15.5 Å². The molecule has 2 heterocycles. The van der Waals surface area contributed by atoms with Crippen molar-refractivity contribution >= 4 is 11.7 Å². The number of hydrogen-bond donors (Lipinski definition) is 2. The first-order valence-electron chi connectivity index (χ1n) is 6.98. The zero-order valence-electron chi connectivity index (χ0n) is 11.3. The van der Waals surface area contributed by atoms with E-state index in [4.69, 9.17) is 0 Å². The number of piperazine rings is 1. The summed E-state index contributed by atoms with van der Waals surface area (Å²) in [5.41, 5.74) is 0.501. The Bertz CT molecular complexity index is 484. The summed E-state index contributed by atoms with van der Waals surface area (Å²) in [6.07, 6.45) is 0. The molecule has 0 saturated carbocycles. The third-order valence-corrected chi connectivity index (χ3v) is 3.89. The SMILES string of the molecule is O=C(Nc1cccc(F)c1)N1CC(N2CCNCC2)C1. The first kappa shape index (κ1) is 13.3. The van der Waals surface area contributed by atoms with Crippen LogP contribution in [0, 0.1) is 5.82 Å². The Labute approximate surface area is 117 Å². The van der Waals surface area contributed by atoms with E-state index in [1.807, 2.05) is 0 Å². The molecule has 6 heteroatoms. The molecule has 0 aromatic heterocycles. The molecule has 0 radical (unpaired) electrons. The van der Waals surface area contributed by atoms with Crippen molar-refractivity contribution in [3.8, 4) is 0 Å². The number of nitrogens with one attached hydrogen (secondary N) is 2. The maximum Gasteiger partial charge on any atom is 0.321 e. The van der Waals surface area contributed by atoms with Crippen LogP contribution >= 0.6 is 0 Å². The van der Waals surface area contributed by atoms with Gasteiger partial charge in [0.05, 0.1) is 0 Å². The average Bonchev–Trinajstić information content (AvgIpc) is 2.38. The summed E-state index contributed by atoms with van der Waals surface area (Å²) in [7, 11) is 0. The molecule has 2 aliphatic rings. The summed E-state index contributed by atoms with van der Waals surface area (Å²) in [6.45, 7) is 5.63. The van der Waals surface area contributed by atoms with Gasteiger partial charge in [0.1, 0.15) is 5.82 Å². The molecule has 0 spiro atoms. The minimum atomic E-state index is -0.342. The van der Waals surface area contributed by atoms with E-state index >= 15 is 0 Å². The van der Waals surface area contributed by atoms with Crippen LogP contribution in [-0.2, 0) is 0 Å². The Balaban J connectivity index is 1.48. The van der Waals surface area contributed by atoms with Crippen molar-refractivity contribution < 1.29 is 9.18 Å². The minimum absolute atomic E-state index is 0.151. The molecule has 2 N–H and O–H groups in total. The number of carbonyl (C=O) groups excluding carboxylic acids is 1. The van der Waals surface area contributed by atoms with Crippen molar-refractivity contribution in [2.24, 2.45) is 0 Å². The number of benzene rings is 1. The van der Waals surface area contributed by atoms with Crippen LogP contribution in [0.4, 0.5) is 14.9 Å². The van der Waals surface area contributed by atoms with Crippen LogP contribution in [-0.4, -0.2) is 61.1 Å². The van der Waals surface area contributed by atoms with Crippen LogP contribution in [0.1, 0.15) is 0 Å². The molecule has 1 aromatic carbocycles. The number of amides is 2. The Kier molecular flexibility index (Phi) is 3.84. The van der Waals surface area contributed by atoms with Gasteiger partial charge in [-0.05, 0) is 18.2 Å². The zero-order chi connectivity index (χ0) is 13.9. The van der Waals surface area contributed by atoms with Gasteiger partial charge in [-0.25, -0.2) is 9.18 Å². The van der Waals surface area contributed by atoms with E-state index in [1.165, 1.54) is 12.1 Å². The highest BCUT2D eigenvalue weighted by molar-refractivity contribution is 5.89. The second-order valence-corrected chi connectivity index (χ2v) is 5.29. The number of likely N-dealkylation sites (tertiary alicyclic amines) is 1. The molecule has 3 rings (SSSR count). The summed E-state index contributed by atoms with van der Waals surface area (Å²) in [6, 6.07) is 6.28. The fourth-order valence-electron chi connectivity index (χ4n) is 2.67. The highest BCUT2D eigenvalue weighted by Gasteiger charge is 2.35. The fourth-order valence-corrected chi connectivity index (χ4v) is 2.67. The lowest BCUT2D eigenvalue weighted by molar-refractivity contribution is 0.0537. The van der Waals surface area contributed by atoms with Gasteiger partial charge >= 0.3 is 6.03 Å². The summed E-state index contributed by atoms with van der Waals surface area (Å²) < 4.78 is 13.0. The predicted octanol–water partition coefficient (Wildman–Crippen LogP) is 0.947. The number of carbonyl (C=O) groups is 1. The number of anilines is 1. The molecule has 5 nitrogen and oxygen atoms in total. The topological polar surface area (TPSA) is 47.6 Å². The van der Waals surface area contributed by atoms with E-state index in [-0.39, 0.29) is 11.8 Å². The summed E-state index contributed by atoms with van der Waals surface area (Å²) in [5.74, 6) is -0.342. The van der Waals surface area contributed by atoms with Crippen LogP contribution in [0.15, 0.2) is 24.3 Å². The van der Waals surface area contributed by atoms with Gasteiger partial charge in [-0.1, -0.05) is 6.07 Å². The molecule has 0 unspecified atom stereocenters. The lowest BCUT2D eigenvalue weighted by Crippen LogP contribution is -2.64. The van der Waals surface area contributed by atoms with E-state index in [0.29, 0.717) is 11.7 Å². The highest BCUT2D eigenvalue weighted by Crippen LogP contribution is 2.17. The first-order chi connectivity index (χ1) is 9.72. The van der Waals surface area contributed by atoms with Crippen LogP contribution in [0.3, 0.4) is 0 Å². The van der Waals surface area contributed by atoms with Gasteiger partial charge in [0, 0.05) is 51.0 Å². The Morgan fingerprint density at radius 1 is 1.30 bits per heavy atom. The van der Waals surface area contributed by atoms with Crippen LogP contribution in [0.25, 0.3) is 0 Å². The molecule has 2 saturated heterocycles. The van der Waals surface area contributed by atoms with Crippen molar-refractivity contribution in [2.75, 3.05) is 44.6 Å². The number of halogens is 1. The van der Waals surface area contributed by atoms with Crippen LogP contribution in [0.5, 0.6) is 0 Å². The normalized spacial score (nSPS) is 20.6. The highest BCUT2D eigenvalue weighted by atomic mass is 19.1. The monoisotopic (exact) mass is 278 g/mol. The molecule has 2 aliphatic heterocycles. The lowest BCUT2D eigenvalue weighted by Gasteiger charge is -2.46. The van der Waals surface area contributed by atoms with Crippen molar-refractivity contribution in [2.45, 2.75) is 6.04 Å². The number of rotatable bonds is 2. The summed E-state index contributed by atoms with van der Waals surface area (Å²) >= 11 is 0. The Morgan fingerprint density at radius 2 is 2.05 bits per heavy atom. The largest absolute Gasteiger partial charge is 0.321 e. The molecular formula is C14H19FN4O. The molecule has 2 fully saturated rings. The van der Waals surface area contributed by atoms with E-state index in [0.717, 1.165) is 39.3 Å². The second kappa shape index (κ2) is 5.76. The van der Waals surface area contributed by atoms with E-state index in [1.54, 1.807) is 17.0 Å². The van der Waals surface area contributed by atoms with Crippen molar-refractivity contribution in [1.82, 2.24) is 15.1 Å². The summed E-state index contributed by atoms with van der Waals surface area (Å²) in [4.78, 5) is 16.2. The Hall–Kier alpha value is -1.66. The van der Waals surface area contributed by atoms with E-state index < -0.39 is 0 Å². The van der Waals surface area contributed by atoms with E-state index in [2.05, 4.69) is 15.5 Å². The smallest absolute Gasteiger partial charge is 0.321 e. The number of nitrogens with zero attached hydrogens (tertiary/aromatic N) is 2. The van der Waals surface area contributed by atoms with Crippen molar-refractivity contribution in [1.29, 1.82) is 0 Å². The van der Waals surface area contributed by atoms with Gasteiger partial charge in [-0.3, -0.25) is 4.90 Å². The van der Waals surface area contributed by atoms with Crippen molar-refractivity contribution in [3.05, 3.63) is 30.1 Å². The Morgan fingerprint density at radius 3 is 2.75 bits per heavy atom. The molecule has 0 bridgehead atoms. The van der Waals surface area contributed by atoms with Gasteiger partial charge in [0.15, 0.2) is 0 Å². The van der Waals surface area contributed by atoms with E-state index in [9.17, 15) is 9.18 Å². The van der Waals surface area contributed by atoms with Gasteiger partial charge in [0.25, 0.3) is 0 Å². The summed E-state index contributed by atoms with van der Waals surface area (Å²) in [5, 5.41) is 6.04.